The molecule has 1 atom stereocenters. The van der Waals surface area contributed by atoms with E-state index in [0.29, 0.717) is 25.2 Å². The van der Waals surface area contributed by atoms with Crippen LogP contribution in [0.2, 0.25) is 0 Å². The molecule has 0 aromatic rings. The van der Waals surface area contributed by atoms with Crippen LogP contribution in [0.5, 0.6) is 0 Å². The minimum atomic E-state index is -0.786. The van der Waals surface area contributed by atoms with E-state index in [-0.39, 0.29) is 5.78 Å². The SMILES string of the molecule is C=C(C)C(=O)C1(N)CCOC1. The molecule has 1 saturated heterocycles. The van der Waals surface area contributed by atoms with Crippen LogP contribution in [0.25, 0.3) is 0 Å². The lowest BCUT2D eigenvalue weighted by Crippen LogP contribution is -2.48. The molecule has 1 aliphatic heterocycles. The molecule has 11 heavy (non-hydrogen) atoms. The zero-order valence-electron chi connectivity index (χ0n) is 6.72. The van der Waals surface area contributed by atoms with Crippen molar-refractivity contribution in [3.8, 4) is 0 Å². The summed E-state index contributed by atoms with van der Waals surface area (Å²) < 4.78 is 5.04. The number of nitrogens with two attached hydrogens (primary N) is 1. The number of hydrogen-bond donors (Lipinski definition) is 1. The first kappa shape index (κ1) is 8.43. The molecule has 0 aromatic carbocycles. The molecule has 2 N–H and O–H groups in total. The number of carbonyl (C=O) groups is 1. The van der Waals surface area contributed by atoms with Crippen LogP contribution in [0, 0.1) is 0 Å². The highest BCUT2D eigenvalue weighted by atomic mass is 16.5. The average Bonchev–Trinajstić information content (AvgIpc) is 2.35. The standard InChI is InChI=1S/C8H13NO2/c1-6(2)7(10)8(9)3-4-11-5-8/h1,3-5,9H2,2H3. The summed E-state index contributed by atoms with van der Waals surface area (Å²) in [5, 5.41) is 0. The minimum absolute atomic E-state index is 0.0741. The number of carbonyl (C=O) groups excluding carboxylic acids is 1. The largest absolute Gasteiger partial charge is 0.379 e. The van der Waals surface area contributed by atoms with Gasteiger partial charge in [-0.25, -0.2) is 0 Å². The number of Topliss-reactive ketones (excluding diaryl/α,β-unsaturated/α-hetero) is 1. The van der Waals surface area contributed by atoms with Gasteiger partial charge in [0.05, 0.1) is 6.61 Å². The van der Waals surface area contributed by atoms with Crippen LogP contribution in [0.1, 0.15) is 13.3 Å². The molecule has 1 fully saturated rings. The maximum atomic E-state index is 11.4. The molecular weight excluding hydrogens is 142 g/mol. The first-order valence-corrected chi connectivity index (χ1v) is 3.63. The Hall–Kier alpha value is -0.670. The van der Waals surface area contributed by atoms with Crippen molar-refractivity contribution in [2.75, 3.05) is 13.2 Å². The van der Waals surface area contributed by atoms with Gasteiger partial charge >= 0.3 is 0 Å². The van der Waals surface area contributed by atoms with Gasteiger partial charge in [-0.1, -0.05) is 6.58 Å². The summed E-state index contributed by atoms with van der Waals surface area (Å²) in [6.07, 6.45) is 0.610. The highest BCUT2D eigenvalue weighted by molar-refractivity contribution is 6.01. The third-order valence-corrected chi connectivity index (χ3v) is 1.89. The van der Waals surface area contributed by atoms with E-state index in [9.17, 15) is 4.79 Å². The lowest BCUT2D eigenvalue weighted by molar-refractivity contribution is -0.120. The molecule has 3 heteroatoms. The van der Waals surface area contributed by atoms with Crippen LogP contribution in [0.3, 0.4) is 0 Å². The van der Waals surface area contributed by atoms with Crippen molar-refractivity contribution in [1.29, 1.82) is 0 Å². The lowest BCUT2D eigenvalue weighted by atomic mass is 9.91. The van der Waals surface area contributed by atoms with Crippen molar-refractivity contribution < 1.29 is 9.53 Å². The van der Waals surface area contributed by atoms with Crippen LogP contribution >= 0.6 is 0 Å². The second kappa shape index (κ2) is 2.75. The molecule has 0 spiro atoms. The molecular formula is C8H13NO2. The average molecular weight is 155 g/mol. The van der Waals surface area contributed by atoms with Crippen LogP contribution in [-0.2, 0) is 9.53 Å². The van der Waals surface area contributed by atoms with Gasteiger partial charge in [-0.3, -0.25) is 4.79 Å². The van der Waals surface area contributed by atoms with E-state index in [2.05, 4.69) is 6.58 Å². The number of ether oxygens (including phenoxy) is 1. The first-order chi connectivity index (χ1) is 5.06. The highest BCUT2D eigenvalue weighted by Gasteiger charge is 2.37. The van der Waals surface area contributed by atoms with Gasteiger partial charge in [-0.15, -0.1) is 0 Å². The van der Waals surface area contributed by atoms with Gasteiger partial charge in [-0.05, 0) is 18.9 Å². The van der Waals surface area contributed by atoms with Gasteiger partial charge in [0.15, 0.2) is 5.78 Å². The molecule has 1 rings (SSSR count). The summed E-state index contributed by atoms with van der Waals surface area (Å²) in [6.45, 7) is 6.15. The zero-order chi connectivity index (χ0) is 8.48. The van der Waals surface area contributed by atoms with Crippen LogP contribution in [0.4, 0.5) is 0 Å². The van der Waals surface area contributed by atoms with Crippen molar-refractivity contribution in [3.05, 3.63) is 12.2 Å². The quantitative estimate of drug-likeness (QED) is 0.581. The van der Waals surface area contributed by atoms with Crippen LogP contribution in [-0.4, -0.2) is 24.5 Å². The maximum absolute atomic E-state index is 11.4. The van der Waals surface area contributed by atoms with E-state index in [1.165, 1.54) is 0 Å². The molecule has 0 aliphatic carbocycles. The van der Waals surface area contributed by atoms with E-state index >= 15 is 0 Å². The summed E-state index contributed by atoms with van der Waals surface area (Å²) in [7, 11) is 0. The number of ketones is 1. The molecule has 1 heterocycles. The van der Waals surface area contributed by atoms with Crippen molar-refractivity contribution in [2.24, 2.45) is 5.73 Å². The Kier molecular flexibility index (Phi) is 2.11. The third-order valence-electron chi connectivity index (χ3n) is 1.89. The van der Waals surface area contributed by atoms with Crippen molar-refractivity contribution in [2.45, 2.75) is 18.9 Å². The van der Waals surface area contributed by atoms with Crippen LogP contribution in [0.15, 0.2) is 12.2 Å². The normalized spacial score (nSPS) is 30.4. The molecule has 0 aromatic heterocycles. The van der Waals surface area contributed by atoms with Gasteiger partial charge < -0.3 is 10.5 Å². The minimum Gasteiger partial charge on any atom is -0.379 e. The summed E-state index contributed by atoms with van der Waals surface area (Å²) >= 11 is 0. The van der Waals surface area contributed by atoms with E-state index in [1.54, 1.807) is 6.92 Å². The second-order valence-corrected chi connectivity index (χ2v) is 3.07. The van der Waals surface area contributed by atoms with E-state index in [4.69, 9.17) is 10.5 Å². The van der Waals surface area contributed by atoms with Crippen molar-refractivity contribution >= 4 is 5.78 Å². The predicted octanol–water partition coefficient (Wildman–Crippen LogP) is 0.249. The Morgan fingerprint density at radius 2 is 2.36 bits per heavy atom. The predicted molar refractivity (Wildman–Crippen MR) is 42.2 cm³/mol. The van der Waals surface area contributed by atoms with E-state index in [1.807, 2.05) is 0 Å². The fourth-order valence-corrected chi connectivity index (χ4v) is 1.18. The Bertz CT molecular complexity index is 192. The lowest BCUT2D eigenvalue weighted by Gasteiger charge is -2.19. The molecule has 1 unspecified atom stereocenters. The van der Waals surface area contributed by atoms with Gasteiger partial charge in [0.1, 0.15) is 5.54 Å². The fraction of sp³-hybridized carbons (Fsp3) is 0.625. The van der Waals surface area contributed by atoms with Gasteiger partial charge in [-0.2, -0.15) is 0 Å². The molecule has 0 amide bonds. The Morgan fingerprint density at radius 3 is 2.73 bits per heavy atom. The second-order valence-electron chi connectivity index (χ2n) is 3.07. The molecule has 0 bridgehead atoms. The van der Waals surface area contributed by atoms with Gasteiger partial charge in [0.2, 0.25) is 0 Å². The van der Waals surface area contributed by atoms with Gasteiger partial charge in [0.25, 0.3) is 0 Å². The Balaban J connectivity index is 2.71. The molecule has 0 saturated carbocycles. The highest BCUT2D eigenvalue weighted by Crippen LogP contribution is 2.19. The third kappa shape index (κ3) is 1.49. The Morgan fingerprint density at radius 1 is 1.73 bits per heavy atom. The van der Waals surface area contributed by atoms with Crippen molar-refractivity contribution in [1.82, 2.24) is 0 Å². The summed E-state index contributed by atoms with van der Waals surface area (Å²) in [5.74, 6) is -0.0741. The van der Waals surface area contributed by atoms with Crippen LogP contribution < -0.4 is 5.73 Å². The smallest absolute Gasteiger partial charge is 0.180 e. The van der Waals surface area contributed by atoms with Crippen molar-refractivity contribution in [3.63, 3.8) is 0 Å². The van der Waals surface area contributed by atoms with Gasteiger partial charge in [0, 0.05) is 6.61 Å². The van der Waals surface area contributed by atoms with E-state index in [0.717, 1.165) is 0 Å². The molecule has 3 nitrogen and oxygen atoms in total. The molecule has 0 radical (unpaired) electrons. The summed E-state index contributed by atoms with van der Waals surface area (Å²) in [6, 6.07) is 0. The molecule has 1 aliphatic rings. The topological polar surface area (TPSA) is 52.3 Å². The fourth-order valence-electron chi connectivity index (χ4n) is 1.18. The summed E-state index contributed by atoms with van der Waals surface area (Å²) in [4.78, 5) is 11.4. The number of hydrogen-bond acceptors (Lipinski definition) is 3. The zero-order valence-corrected chi connectivity index (χ0v) is 6.72. The maximum Gasteiger partial charge on any atom is 0.180 e. The number of rotatable bonds is 2. The Labute approximate surface area is 66.2 Å². The first-order valence-electron chi connectivity index (χ1n) is 3.63. The van der Waals surface area contributed by atoms with E-state index < -0.39 is 5.54 Å². The monoisotopic (exact) mass is 155 g/mol. The molecule has 62 valence electrons. The summed E-state index contributed by atoms with van der Waals surface area (Å²) in [5.41, 5.74) is 5.49.